The summed E-state index contributed by atoms with van der Waals surface area (Å²) >= 11 is 3.16. The number of benzene rings is 1. The fourth-order valence-corrected chi connectivity index (χ4v) is 2.27. The number of rotatable bonds is 6. The molecule has 0 unspecified atom stereocenters. The fraction of sp³-hybridized carbons (Fsp3) is 0.500. The zero-order valence-electron chi connectivity index (χ0n) is 11.3. The van der Waals surface area contributed by atoms with Crippen molar-refractivity contribution in [3.8, 4) is 0 Å². The summed E-state index contributed by atoms with van der Waals surface area (Å²) in [6.07, 6.45) is -1.54. The zero-order valence-corrected chi connectivity index (χ0v) is 12.9. The highest BCUT2D eigenvalue weighted by atomic mass is 79.9. The van der Waals surface area contributed by atoms with E-state index in [0.717, 1.165) is 18.9 Å². The largest absolute Gasteiger partial charge is 0.418 e. The lowest BCUT2D eigenvalue weighted by Gasteiger charge is -2.15. The van der Waals surface area contributed by atoms with Crippen molar-refractivity contribution < 1.29 is 18.0 Å². The van der Waals surface area contributed by atoms with Crippen molar-refractivity contribution in [3.63, 3.8) is 0 Å². The van der Waals surface area contributed by atoms with Crippen LogP contribution in [0.4, 0.5) is 18.9 Å². The molecule has 0 aromatic heterocycles. The van der Waals surface area contributed by atoms with Crippen LogP contribution < -0.4 is 10.6 Å². The van der Waals surface area contributed by atoms with Gasteiger partial charge in [0.15, 0.2) is 0 Å². The molecule has 1 aromatic rings. The van der Waals surface area contributed by atoms with E-state index in [2.05, 4.69) is 26.6 Å². The van der Waals surface area contributed by atoms with Gasteiger partial charge >= 0.3 is 6.18 Å². The van der Waals surface area contributed by atoms with Crippen LogP contribution in [0.15, 0.2) is 22.7 Å². The standard InChI is InChI=1S/C14H16BrF3N2O/c15-9-3-6-11(14(16,17)18)12(8-9)19-7-1-2-13(21)20-10-4-5-10/h3,6,8,10,19H,1-2,4-5,7H2,(H,20,21). The number of amides is 1. The van der Waals surface area contributed by atoms with Gasteiger partial charge in [0, 0.05) is 29.2 Å². The van der Waals surface area contributed by atoms with Crippen LogP contribution in [0.2, 0.25) is 0 Å². The van der Waals surface area contributed by atoms with Gasteiger partial charge < -0.3 is 10.6 Å². The van der Waals surface area contributed by atoms with Crippen LogP contribution in [0, 0.1) is 0 Å². The number of carbonyl (C=O) groups is 1. The van der Waals surface area contributed by atoms with Crippen molar-refractivity contribution in [1.29, 1.82) is 0 Å². The highest BCUT2D eigenvalue weighted by Crippen LogP contribution is 2.36. The monoisotopic (exact) mass is 364 g/mol. The number of alkyl halides is 3. The van der Waals surface area contributed by atoms with E-state index in [4.69, 9.17) is 0 Å². The molecule has 0 saturated heterocycles. The van der Waals surface area contributed by atoms with Gasteiger partial charge in [-0.05, 0) is 37.5 Å². The summed E-state index contributed by atoms with van der Waals surface area (Å²) in [4.78, 5) is 11.5. The molecule has 7 heteroatoms. The molecule has 1 fully saturated rings. The number of nitrogens with one attached hydrogen (secondary N) is 2. The molecule has 1 aromatic carbocycles. The van der Waals surface area contributed by atoms with Crippen molar-refractivity contribution in [1.82, 2.24) is 5.32 Å². The molecule has 0 radical (unpaired) electrons. The SMILES string of the molecule is O=C(CCCNc1cc(Br)ccc1C(F)(F)F)NC1CC1. The van der Waals surface area contributed by atoms with E-state index in [1.54, 1.807) is 0 Å². The molecule has 0 aliphatic heterocycles. The van der Waals surface area contributed by atoms with Crippen LogP contribution >= 0.6 is 15.9 Å². The molecule has 116 valence electrons. The third-order valence-electron chi connectivity index (χ3n) is 3.13. The first-order chi connectivity index (χ1) is 9.86. The van der Waals surface area contributed by atoms with Gasteiger partial charge in [-0.2, -0.15) is 13.2 Å². The van der Waals surface area contributed by atoms with Gasteiger partial charge in [-0.25, -0.2) is 0 Å². The van der Waals surface area contributed by atoms with E-state index >= 15 is 0 Å². The van der Waals surface area contributed by atoms with Crippen molar-refractivity contribution in [2.24, 2.45) is 0 Å². The molecular formula is C14H16BrF3N2O. The second-order valence-corrected chi connectivity index (χ2v) is 5.98. The Balaban J connectivity index is 1.84. The topological polar surface area (TPSA) is 41.1 Å². The molecule has 21 heavy (non-hydrogen) atoms. The first kappa shape index (κ1) is 16.1. The summed E-state index contributed by atoms with van der Waals surface area (Å²) in [6, 6.07) is 4.10. The lowest BCUT2D eigenvalue weighted by Crippen LogP contribution is -2.25. The average Bonchev–Trinajstić information content (AvgIpc) is 3.17. The Kier molecular flexibility index (Phi) is 5.13. The normalized spacial score (nSPS) is 14.9. The van der Waals surface area contributed by atoms with E-state index in [1.807, 2.05) is 0 Å². The fourth-order valence-electron chi connectivity index (χ4n) is 1.91. The quantitative estimate of drug-likeness (QED) is 0.750. The molecular weight excluding hydrogens is 349 g/mol. The highest BCUT2D eigenvalue weighted by Gasteiger charge is 2.33. The lowest BCUT2D eigenvalue weighted by atomic mass is 10.1. The van der Waals surface area contributed by atoms with Crippen molar-refractivity contribution in [2.75, 3.05) is 11.9 Å². The lowest BCUT2D eigenvalue weighted by molar-refractivity contribution is -0.137. The van der Waals surface area contributed by atoms with E-state index in [-0.39, 0.29) is 11.6 Å². The Morgan fingerprint density at radius 2 is 2.05 bits per heavy atom. The Labute approximate surface area is 129 Å². The maximum absolute atomic E-state index is 12.8. The smallest absolute Gasteiger partial charge is 0.385 e. The van der Waals surface area contributed by atoms with Crippen LogP contribution in [-0.4, -0.2) is 18.5 Å². The van der Waals surface area contributed by atoms with Crippen LogP contribution in [0.5, 0.6) is 0 Å². The first-order valence-corrected chi connectivity index (χ1v) is 7.55. The summed E-state index contributed by atoms with van der Waals surface area (Å²) in [7, 11) is 0. The molecule has 1 amide bonds. The van der Waals surface area contributed by atoms with Crippen LogP contribution in [-0.2, 0) is 11.0 Å². The van der Waals surface area contributed by atoms with Gasteiger partial charge in [-0.3, -0.25) is 4.79 Å². The zero-order chi connectivity index (χ0) is 15.5. The third-order valence-corrected chi connectivity index (χ3v) is 3.62. The molecule has 1 aliphatic carbocycles. The minimum atomic E-state index is -4.40. The molecule has 0 atom stereocenters. The molecule has 0 heterocycles. The van der Waals surface area contributed by atoms with Crippen LogP contribution in [0.1, 0.15) is 31.2 Å². The number of halogens is 4. The maximum atomic E-state index is 12.8. The Morgan fingerprint density at radius 3 is 2.67 bits per heavy atom. The predicted octanol–water partition coefficient (Wildman–Crippen LogP) is 3.94. The summed E-state index contributed by atoms with van der Waals surface area (Å²) in [5.74, 6) is -0.0374. The molecule has 2 rings (SSSR count). The Bertz CT molecular complexity index is 515. The minimum Gasteiger partial charge on any atom is -0.385 e. The summed E-state index contributed by atoms with van der Waals surface area (Å²) in [6.45, 7) is 0.317. The Hall–Kier alpha value is -1.24. The summed E-state index contributed by atoms with van der Waals surface area (Å²) in [5, 5.41) is 5.60. The van der Waals surface area contributed by atoms with Crippen molar-refractivity contribution >= 4 is 27.5 Å². The van der Waals surface area contributed by atoms with E-state index < -0.39 is 11.7 Å². The highest BCUT2D eigenvalue weighted by molar-refractivity contribution is 9.10. The molecule has 0 spiro atoms. The van der Waals surface area contributed by atoms with E-state index in [0.29, 0.717) is 29.9 Å². The van der Waals surface area contributed by atoms with Crippen LogP contribution in [0.25, 0.3) is 0 Å². The molecule has 2 N–H and O–H groups in total. The summed E-state index contributed by atoms with van der Waals surface area (Å²) in [5.41, 5.74) is -0.674. The van der Waals surface area contributed by atoms with E-state index in [9.17, 15) is 18.0 Å². The molecule has 3 nitrogen and oxygen atoms in total. The second kappa shape index (κ2) is 6.68. The van der Waals surface area contributed by atoms with Gasteiger partial charge in [-0.1, -0.05) is 15.9 Å². The Morgan fingerprint density at radius 1 is 1.33 bits per heavy atom. The van der Waals surface area contributed by atoms with Crippen molar-refractivity contribution in [2.45, 2.75) is 37.9 Å². The third kappa shape index (κ3) is 5.22. The van der Waals surface area contributed by atoms with E-state index in [1.165, 1.54) is 12.1 Å². The molecule has 1 aliphatic rings. The first-order valence-electron chi connectivity index (χ1n) is 6.76. The van der Waals surface area contributed by atoms with Gasteiger partial charge in [0.05, 0.1) is 5.56 Å². The minimum absolute atomic E-state index is 0.0273. The second-order valence-electron chi connectivity index (χ2n) is 5.06. The predicted molar refractivity (Wildman–Crippen MR) is 78.0 cm³/mol. The van der Waals surface area contributed by atoms with Gasteiger partial charge in [0.25, 0.3) is 0 Å². The van der Waals surface area contributed by atoms with Gasteiger partial charge in [0.1, 0.15) is 0 Å². The maximum Gasteiger partial charge on any atom is 0.418 e. The number of hydrogen-bond donors (Lipinski definition) is 2. The van der Waals surface area contributed by atoms with Gasteiger partial charge in [0.2, 0.25) is 5.91 Å². The number of hydrogen-bond acceptors (Lipinski definition) is 2. The van der Waals surface area contributed by atoms with Crippen molar-refractivity contribution in [3.05, 3.63) is 28.2 Å². The number of anilines is 1. The number of carbonyl (C=O) groups excluding carboxylic acids is 1. The van der Waals surface area contributed by atoms with Gasteiger partial charge in [-0.15, -0.1) is 0 Å². The summed E-state index contributed by atoms with van der Waals surface area (Å²) < 4.78 is 39.1. The van der Waals surface area contributed by atoms with Crippen LogP contribution in [0.3, 0.4) is 0 Å². The average molecular weight is 365 g/mol. The molecule has 0 bridgehead atoms. The molecule has 1 saturated carbocycles.